The third-order valence-corrected chi connectivity index (χ3v) is 5.20. The van der Waals surface area contributed by atoms with E-state index >= 15 is 0 Å². The molecule has 2 aromatic heterocycles. The second-order valence-electron chi connectivity index (χ2n) is 6.09. The molecule has 7 heteroatoms. The van der Waals surface area contributed by atoms with E-state index in [1.807, 2.05) is 23.1 Å². The molecule has 0 aliphatic carbocycles. The Balaban J connectivity index is 1.42. The number of aryl methyl sites for hydroxylation is 1. The molecule has 1 aliphatic rings. The molecule has 0 bridgehead atoms. The Kier molecular flexibility index (Phi) is 4.30. The van der Waals surface area contributed by atoms with Gasteiger partial charge in [-0.15, -0.1) is 11.3 Å². The number of carbonyl (C=O) groups is 2. The maximum absolute atomic E-state index is 12.6. The first-order valence-corrected chi connectivity index (χ1v) is 9.18. The van der Waals surface area contributed by atoms with E-state index in [0.29, 0.717) is 28.7 Å². The van der Waals surface area contributed by atoms with Gasteiger partial charge < -0.3 is 9.32 Å². The van der Waals surface area contributed by atoms with Crippen LogP contribution in [0.15, 0.2) is 46.4 Å². The Morgan fingerprint density at radius 2 is 2.15 bits per heavy atom. The first kappa shape index (κ1) is 16.5. The Labute approximate surface area is 154 Å². The Morgan fingerprint density at radius 1 is 1.31 bits per heavy atom. The highest BCUT2D eigenvalue weighted by atomic mass is 32.1. The van der Waals surface area contributed by atoms with Crippen LogP contribution in [0.3, 0.4) is 0 Å². The van der Waals surface area contributed by atoms with Crippen molar-refractivity contribution in [1.29, 1.82) is 0 Å². The second-order valence-corrected chi connectivity index (χ2v) is 6.95. The number of anilines is 2. The minimum atomic E-state index is -0.267. The van der Waals surface area contributed by atoms with Gasteiger partial charge in [0.2, 0.25) is 5.91 Å². The molecule has 1 aromatic carbocycles. The van der Waals surface area contributed by atoms with Gasteiger partial charge in [-0.3, -0.25) is 14.9 Å². The van der Waals surface area contributed by atoms with Crippen LogP contribution in [0.4, 0.5) is 10.8 Å². The summed E-state index contributed by atoms with van der Waals surface area (Å²) in [6, 6.07) is 9.58. The van der Waals surface area contributed by atoms with Crippen LogP contribution in [-0.4, -0.2) is 23.3 Å². The van der Waals surface area contributed by atoms with E-state index in [-0.39, 0.29) is 18.2 Å². The average molecular weight is 367 g/mol. The number of aromatic nitrogens is 1. The lowest BCUT2D eigenvalue weighted by Crippen LogP contribution is -2.30. The summed E-state index contributed by atoms with van der Waals surface area (Å²) >= 11 is 1.31. The van der Waals surface area contributed by atoms with E-state index in [4.69, 9.17) is 4.42 Å². The van der Waals surface area contributed by atoms with Crippen LogP contribution in [0, 0.1) is 6.92 Å². The molecular weight excluding hydrogens is 350 g/mol. The van der Waals surface area contributed by atoms with E-state index < -0.39 is 0 Å². The number of hydrogen-bond donors (Lipinski definition) is 1. The standard InChI is InChI=1S/C19H17N3O3S/c1-12-15(7-9-25-12)18(24)21-19-20-14(11-26-19)10-17(23)22-8-6-13-4-2-3-5-16(13)22/h2-5,7,9,11H,6,8,10H2,1H3,(H,20,21,24). The smallest absolute Gasteiger partial charge is 0.260 e. The third-order valence-electron chi connectivity index (χ3n) is 4.40. The first-order chi connectivity index (χ1) is 12.6. The number of amides is 2. The van der Waals surface area contributed by atoms with Gasteiger partial charge in [-0.1, -0.05) is 18.2 Å². The summed E-state index contributed by atoms with van der Waals surface area (Å²) in [6.07, 6.45) is 2.57. The predicted octanol–water partition coefficient (Wildman–Crippen LogP) is 3.43. The minimum absolute atomic E-state index is 0.0174. The molecule has 0 radical (unpaired) electrons. The molecular formula is C19H17N3O3S. The molecule has 0 saturated heterocycles. The Bertz CT molecular complexity index is 976. The number of hydrogen-bond acceptors (Lipinski definition) is 5. The summed E-state index contributed by atoms with van der Waals surface area (Å²) in [6.45, 7) is 2.43. The monoisotopic (exact) mass is 367 g/mol. The number of rotatable bonds is 4. The van der Waals surface area contributed by atoms with Gasteiger partial charge in [-0.25, -0.2) is 4.98 Å². The third kappa shape index (κ3) is 3.13. The highest BCUT2D eigenvalue weighted by Crippen LogP contribution is 2.28. The molecule has 0 atom stereocenters. The van der Waals surface area contributed by atoms with Crippen molar-refractivity contribution in [3.63, 3.8) is 0 Å². The highest BCUT2D eigenvalue weighted by Gasteiger charge is 2.24. The van der Waals surface area contributed by atoms with Gasteiger partial charge in [-0.05, 0) is 31.0 Å². The van der Waals surface area contributed by atoms with Crippen LogP contribution in [0.2, 0.25) is 0 Å². The van der Waals surface area contributed by atoms with Crippen LogP contribution in [0.1, 0.15) is 27.4 Å². The SMILES string of the molecule is Cc1occc1C(=O)Nc1nc(CC(=O)N2CCc3ccccc32)cs1. The molecule has 0 saturated carbocycles. The molecule has 6 nitrogen and oxygen atoms in total. The number of nitrogens with zero attached hydrogens (tertiary/aromatic N) is 2. The maximum atomic E-state index is 12.6. The fraction of sp³-hybridized carbons (Fsp3) is 0.211. The van der Waals surface area contributed by atoms with E-state index in [1.54, 1.807) is 18.4 Å². The van der Waals surface area contributed by atoms with Crippen molar-refractivity contribution >= 4 is 34.0 Å². The van der Waals surface area contributed by atoms with Crippen molar-refractivity contribution in [2.45, 2.75) is 19.8 Å². The highest BCUT2D eigenvalue weighted by molar-refractivity contribution is 7.14. The molecule has 26 heavy (non-hydrogen) atoms. The number of nitrogens with one attached hydrogen (secondary N) is 1. The number of carbonyl (C=O) groups excluding carboxylic acids is 2. The molecule has 1 aliphatic heterocycles. The van der Waals surface area contributed by atoms with Crippen molar-refractivity contribution in [2.24, 2.45) is 0 Å². The van der Waals surface area contributed by atoms with Crippen LogP contribution in [0.5, 0.6) is 0 Å². The lowest BCUT2D eigenvalue weighted by Gasteiger charge is -2.16. The lowest BCUT2D eigenvalue weighted by atomic mass is 10.2. The van der Waals surface area contributed by atoms with Crippen LogP contribution in [-0.2, 0) is 17.6 Å². The number of para-hydroxylation sites is 1. The number of thiazole rings is 1. The summed E-state index contributed by atoms with van der Waals surface area (Å²) in [7, 11) is 0. The zero-order chi connectivity index (χ0) is 18.1. The summed E-state index contributed by atoms with van der Waals surface area (Å²) in [5.74, 6) is 0.308. The van der Waals surface area contributed by atoms with E-state index in [1.165, 1.54) is 23.2 Å². The fourth-order valence-electron chi connectivity index (χ4n) is 3.08. The summed E-state index contributed by atoms with van der Waals surface area (Å²) in [5, 5.41) is 5.02. The summed E-state index contributed by atoms with van der Waals surface area (Å²) in [5.41, 5.74) is 3.31. The molecule has 0 spiro atoms. The Hall–Kier alpha value is -2.93. The van der Waals surface area contributed by atoms with Gasteiger partial charge in [-0.2, -0.15) is 0 Å². The largest absolute Gasteiger partial charge is 0.469 e. The molecule has 132 valence electrons. The van der Waals surface area contributed by atoms with Crippen molar-refractivity contribution < 1.29 is 14.0 Å². The minimum Gasteiger partial charge on any atom is -0.469 e. The van der Waals surface area contributed by atoms with Gasteiger partial charge in [0.1, 0.15) is 5.76 Å². The lowest BCUT2D eigenvalue weighted by molar-refractivity contribution is -0.117. The van der Waals surface area contributed by atoms with Crippen LogP contribution >= 0.6 is 11.3 Å². The number of benzene rings is 1. The predicted molar refractivity (Wildman–Crippen MR) is 99.7 cm³/mol. The number of fused-ring (bicyclic) bond motifs is 1. The van der Waals surface area contributed by atoms with Crippen molar-refractivity contribution in [2.75, 3.05) is 16.8 Å². The van der Waals surface area contributed by atoms with Crippen molar-refractivity contribution in [1.82, 2.24) is 4.98 Å². The molecule has 3 heterocycles. The van der Waals surface area contributed by atoms with Gasteiger partial charge in [0, 0.05) is 17.6 Å². The molecule has 4 rings (SSSR count). The summed E-state index contributed by atoms with van der Waals surface area (Å²) in [4.78, 5) is 31.0. The zero-order valence-electron chi connectivity index (χ0n) is 14.2. The van der Waals surface area contributed by atoms with Crippen LogP contribution < -0.4 is 10.2 Å². The summed E-state index contributed by atoms with van der Waals surface area (Å²) < 4.78 is 5.14. The Morgan fingerprint density at radius 3 is 2.96 bits per heavy atom. The quantitative estimate of drug-likeness (QED) is 0.767. The molecule has 2 amide bonds. The van der Waals surface area contributed by atoms with Crippen molar-refractivity contribution in [3.8, 4) is 0 Å². The molecule has 3 aromatic rings. The maximum Gasteiger partial charge on any atom is 0.260 e. The zero-order valence-corrected chi connectivity index (χ0v) is 15.0. The van der Waals surface area contributed by atoms with Gasteiger partial charge in [0.15, 0.2) is 5.13 Å². The van der Waals surface area contributed by atoms with Gasteiger partial charge >= 0.3 is 0 Å². The van der Waals surface area contributed by atoms with E-state index in [9.17, 15) is 9.59 Å². The van der Waals surface area contributed by atoms with E-state index in [0.717, 1.165) is 12.1 Å². The topological polar surface area (TPSA) is 75.4 Å². The molecule has 0 fully saturated rings. The van der Waals surface area contributed by atoms with Gasteiger partial charge in [0.05, 0.1) is 23.9 Å². The second kappa shape index (κ2) is 6.76. The number of furan rings is 1. The molecule has 1 N–H and O–H groups in total. The molecule has 0 unspecified atom stereocenters. The first-order valence-electron chi connectivity index (χ1n) is 8.30. The fourth-order valence-corrected chi connectivity index (χ4v) is 3.78. The van der Waals surface area contributed by atoms with Crippen molar-refractivity contribution in [3.05, 3.63) is 64.6 Å². The average Bonchev–Trinajstić information content (AvgIpc) is 3.34. The van der Waals surface area contributed by atoms with E-state index in [2.05, 4.69) is 16.4 Å². The normalized spacial score (nSPS) is 12.9. The van der Waals surface area contributed by atoms with Crippen LogP contribution in [0.25, 0.3) is 0 Å². The van der Waals surface area contributed by atoms with Gasteiger partial charge in [0.25, 0.3) is 5.91 Å².